The largest absolute Gasteiger partial charge is 0.298 e. The van der Waals surface area contributed by atoms with E-state index in [1.165, 1.54) is 30.3 Å². The van der Waals surface area contributed by atoms with E-state index < -0.39 is 27.2 Å². The van der Waals surface area contributed by atoms with Crippen molar-refractivity contribution >= 4 is 15.6 Å². The van der Waals surface area contributed by atoms with Crippen LogP contribution in [0.15, 0.2) is 53.4 Å². The van der Waals surface area contributed by atoms with Crippen molar-refractivity contribution < 1.29 is 17.6 Å². The number of halogens is 1. The smallest absolute Gasteiger partial charge is 0.185 e. The first-order chi connectivity index (χ1) is 9.88. The Kier molecular flexibility index (Phi) is 4.53. The van der Waals surface area contributed by atoms with Gasteiger partial charge in [-0.3, -0.25) is 4.79 Å². The van der Waals surface area contributed by atoms with Gasteiger partial charge in [0.2, 0.25) is 0 Å². The lowest BCUT2D eigenvalue weighted by Crippen LogP contribution is -2.18. The molecule has 110 valence electrons. The minimum absolute atomic E-state index is 0.0224. The minimum atomic E-state index is -3.64. The summed E-state index contributed by atoms with van der Waals surface area (Å²) in [4.78, 5) is 12.1. The fourth-order valence-corrected chi connectivity index (χ4v) is 3.60. The molecule has 3 nitrogen and oxygen atoms in total. The maximum absolute atomic E-state index is 12.8. The molecule has 2 rings (SSSR count). The van der Waals surface area contributed by atoms with Crippen LogP contribution in [0.1, 0.15) is 11.1 Å². The predicted molar refractivity (Wildman–Crippen MR) is 78.3 cm³/mol. The average molecular weight is 306 g/mol. The number of aryl methyl sites for hydroxylation is 1. The molecule has 0 spiro atoms. The van der Waals surface area contributed by atoms with E-state index in [2.05, 4.69) is 0 Å². The van der Waals surface area contributed by atoms with Gasteiger partial charge < -0.3 is 0 Å². The molecule has 0 N–H and O–H groups in total. The van der Waals surface area contributed by atoms with Crippen molar-refractivity contribution in [3.8, 4) is 0 Å². The zero-order valence-electron chi connectivity index (χ0n) is 11.5. The first-order valence-electron chi connectivity index (χ1n) is 6.43. The van der Waals surface area contributed by atoms with Crippen molar-refractivity contribution in [2.24, 2.45) is 0 Å². The van der Waals surface area contributed by atoms with E-state index in [1.54, 1.807) is 25.1 Å². The van der Waals surface area contributed by atoms with Crippen molar-refractivity contribution in [1.29, 1.82) is 0 Å². The topological polar surface area (TPSA) is 51.2 Å². The van der Waals surface area contributed by atoms with Crippen LogP contribution in [0.3, 0.4) is 0 Å². The molecule has 0 unspecified atom stereocenters. The van der Waals surface area contributed by atoms with Gasteiger partial charge in [0, 0.05) is 6.42 Å². The Bertz CT molecular complexity index is 749. The van der Waals surface area contributed by atoms with Crippen LogP contribution in [0.25, 0.3) is 0 Å². The summed E-state index contributed by atoms with van der Waals surface area (Å²) in [6, 6.07) is 12.0. The van der Waals surface area contributed by atoms with Crippen molar-refractivity contribution in [3.63, 3.8) is 0 Å². The third-order valence-electron chi connectivity index (χ3n) is 3.09. The highest BCUT2D eigenvalue weighted by Gasteiger charge is 2.20. The van der Waals surface area contributed by atoms with E-state index in [-0.39, 0.29) is 11.3 Å². The monoisotopic (exact) mass is 306 g/mol. The summed E-state index contributed by atoms with van der Waals surface area (Å²) in [5, 5.41) is 0. The van der Waals surface area contributed by atoms with Crippen LogP contribution < -0.4 is 0 Å². The quantitative estimate of drug-likeness (QED) is 0.853. The number of sulfone groups is 1. The summed E-state index contributed by atoms with van der Waals surface area (Å²) >= 11 is 0. The van der Waals surface area contributed by atoms with E-state index in [0.29, 0.717) is 11.1 Å². The molecule has 0 radical (unpaired) electrons. The maximum Gasteiger partial charge on any atom is 0.185 e. The lowest BCUT2D eigenvalue weighted by molar-refractivity contribution is -0.116. The summed E-state index contributed by atoms with van der Waals surface area (Å²) in [7, 11) is -3.64. The number of Topliss-reactive ketones (excluding diaryl/α,β-unsaturated/α-hetero) is 1. The fraction of sp³-hybridized carbons (Fsp3) is 0.188. The molecule has 2 aromatic rings. The Morgan fingerprint density at radius 3 is 2.29 bits per heavy atom. The molecular weight excluding hydrogens is 291 g/mol. The van der Waals surface area contributed by atoms with Crippen LogP contribution in [0.4, 0.5) is 4.39 Å². The van der Waals surface area contributed by atoms with Gasteiger partial charge in [-0.15, -0.1) is 0 Å². The number of rotatable bonds is 5. The van der Waals surface area contributed by atoms with Gasteiger partial charge >= 0.3 is 0 Å². The van der Waals surface area contributed by atoms with Gasteiger partial charge in [-0.25, -0.2) is 12.8 Å². The number of hydrogen-bond acceptors (Lipinski definition) is 3. The molecule has 0 bridgehead atoms. The van der Waals surface area contributed by atoms with E-state index in [4.69, 9.17) is 0 Å². The van der Waals surface area contributed by atoms with E-state index >= 15 is 0 Å². The second kappa shape index (κ2) is 6.18. The maximum atomic E-state index is 12.8. The van der Waals surface area contributed by atoms with Gasteiger partial charge in [0.15, 0.2) is 15.6 Å². The predicted octanol–water partition coefficient (Wildman–Crippen LogP) is 2.72. The molecule has 5 heteroatoms. The first-order valence-corrected chi connectivity index (χ1v) is 8.08. The summed E-state index contributed by atoms with van der Waals surface area (Å²) in [5.41, 5.74) is 1.22. The van der Waals surface area contributed by atoms with Crippen molar-refractivity contribution in [2.75, 3.05) is 5.75 Å². The zero-order valence-corrected chi connectivity index (χ0v) is 12.4. The molecule has 0 saturated heterocycles. The third-order valence-corrected chi connectivity index (χ3v) is 4.92. The van der Waals surface area contributed by atoms with Gasteiger partial charge in [0.1, 0.15) is 11.6 Å². The molecule has 0 aliphatic rings. The first kappa shape index (κ1) is 15.4. The van der Waals surface area contributed by atoms with Crippen LogP contribution in [-0.2, 0) is 21.1 Å². The van der Waals surface area contributed by atoms with E-state index in [0.717, 1.165) is 0 Å². The highest BCUT2D eigenvalue weighted by Crippen LogP contribution is 2.16. The number of hydrogen-bond donors (Lipinski definition) is 0. The lowest BCUT2D eigenvalue weighted by Gasteiger charge is -2.07. The van der Waals surface area contributed by atoms with Gasteiger partial charge in [0.25, 0.3) is 0 Å². The van der Waals surface area contributed by atoms with Crippen LogP contribution in [-0.4, -0.2) is 20.0 Å². The Balaban J connectivity index is 2.12. The highest BCUT2D eigenvalue weighted by atomic mass is 32.2. The van der Waals surface area contributed by atoms with Crippen LogP contribution in [0.5, 0.6) is 0 Å². The number of carbonyl (C=O) groups is 1. The zero-order chi connectivity index (χ0) is 15.5. The molecule has 2 aromatic carbocycles. The Morgan fingerprint density at radius 2 is 1.67 bits per heavy atom. The number of ketones is 1. The minimum Gasteiger partial charge on any atom is -0.298 e. The second-order valence-electron chi connectivity index (χ2n) is 4.87. The summed E-state index contributed by atoms with van der Waals surface area (Å²) in [6.45, 7) is 1.69. The van der Waals surface area contributed by atoms with Gasteiger partial charge in [-0.2, -0.15) is 0 Å². The normalized spacial score (nSPS) is 11.3. The Hall–Kier alpha value is -2.01. The van der Waals surface area contributed by atoms with Crippen LogP contribution in [0, 0.1) is 12.7 Å². The highest BCUT2D eigenvalue weighted by molar-refractivity contribution is 7.92. The van der Waals surface area contributed by atoms with Crippen molar-refractivity contribution in [3.05, 3.63) is 65.5 Å². The van der Waals surface area contributed by atoms with Crippen LogP contribution >= 0.6 is 0 Å². The molecule has 0 heterocycles. The SMILES string of the molecule is Cc1ccccc1S(=O)(=O)CC(=O)Cc1ccc(F)cc1. The van der Waals surface area contributed by atoms with Gasteiger partial charge in [-0.1, -0.05) is 30.3 Å². The number of carbonyl (C=O) groups excluding carboxylic acids is 1. The summed E-state index contributed by atoms with van der Waals surface area (Å²) in [6.07, 6.45) is -0.0224. The lowest BCUT2D eigenvalue weighted by atomic mass is 10.1. The van der Waals surface area contributed by atoms with E-state index in [9.17, 15) is 17.6 Å². The van der Waals surface area contributed by atoms with E-state index in [1.807, 2.05) is 0 Å². The van der Waals surface area contributed by atoms with Gasteiger partial charge in [0.05, 0.1) is 4.90 Å². The molecule has 0 saturated carbocycles. The standard InChI is InChI=1S/C16H15FO3S/c1-12-4-2-3-5-16(12)21(19,20)11-15(18)10-13-6-8-14(17)9-7-13/h2-9H,10-11H2,1H3. The van der Waals surface area contributed by atoms with Gasteiger partial charge in [-0.05, 0) is 36.2 Å². The molecule has 0 aliphatic heterocycles. The van der Waals surface area contributed by atoms with Crippen LogP contribution in [0.2, 0.25) is 0 Å². The second-order valence-corrected chi connectivity index (χ2v) is 6.82. The van der Waals surface area contributed by atoms with Crippen molar-refractivity contribution in [2.45, 2.75) is 18.2 Å². The third kappa shape index (κ3) is 3.98. The molecule has 0 atom stereocenters. The summed E-state index contributed by atoms with van der Waals surface area (Å²) < 4.78 is 37.2. The molecule has 0 aliphatic carbocycles. The number of benzene rings is 2. The fourth-order valence-electron chi connectivity index (χ4n) is 2.08. The molecule has 0 amide bonds. The molecule has 0 aromatic heterocycles. The average Bonchev–Trinajstić information content (AvgIpc) is 2.41. The molecule has 21 heavy (non-hydrogen) atoms. The summed E-state index contributed by atoms with van der Waals surface area (Å²) in [5.74, 6) is -1.35. The Labute approximate surface area is 123 Å². The Morgan fingerprint density at radius 1 is 1.05 bits per heavy atom. The van der Waals surface area contributed by atoms with Crippen molar-refractivity contribution in [1.82, 2.24) is 0 Å². The molecule has 0 fully saturated rings. The molecular formula is C16H15FO3S.